The summed E-state index contributed by atoms with van der Waals surface area (Å²) in [6.07, 6.45) is 13.7. The van der Waals surface area contributed by atoms with Crippen LogP contribution in [0.15, 0.2) is 22.6 Å². The van der Waals surface area contributed by atoms with Crippen molar-refractivity contribution in [1.29, 1.82) is 0 Å². The van der Waals surface area contributed by atoms with Gasteiger partial charge in [-0.3, -0.25) is 0 Å². The minimum absolute atomic E-state index is 0.494. The highest BCUT2D eigenvalue weighted by atomic mass is 32.2. The molecule has 22 heavy (non-hydrogen) atoms. The van der Waals surface area contributed by atoms with Crippen LogP contribution in [0.2, 0.25) is 0 Å². The van der Waals surface area contributed by atoms with Gasteiger partial charge in [0.15, 0.2) is 11.1 Å². The molecule has 1 N–H and O–H groups in total. The van der Waals surface area contributed by atoms with Gasteiger partial charge in [-0.1, -0.05) is 30.7 Å². The first kappa shape index (κ1) is 14.4. The first-order chi connectivity index (χ1) is 10.6. The maximum Gasteiger partial charge on any atom is 0.187 e. The summed E-state index contributed by atoms with van der Waals surface area (Å²) in [7, 11) is 0. The lowest BCUT2D eigenvalue weighted by atomic mass is 9.90. The Bertz CT molecular complexity index is 711. The van der Waals surface area contributed by atoms with Crippen molar-refractivity contribution in [2.45, 2.75) is 56.3 Å². The van der Waals surface area contributed by atoms with Crippen LogP contribution in [0.25, 0.3) is 12.2 Å². The number of benzene rings is 1. The minimum atomic E-state index is -1.93. The van der Waals surface area contributed by atoms with Gasteiger partial charge in [0.25, 0.3) is 0 Å². The molecule has 0 aromatic heterocycles. The molecule has 4 rings (SSSR count). The maximum absolute atomic E-state index is 11.9. The van der Waals surface area contributed by atoms with Crippen LogP contribution in [0, 0.1) is 5.92 Å². The summed E-state index contributed by atoms with van der Waals surface area (Å²) in [5.74, 6) is 1.21. The topological polar surface area (TPSA) is 37.3 Å². The highest BCUT2D eigenvalue weighted by Gasteiger charge is 2.29. The molecule has 1 aromatic carbocycles. The molecule has 3 aliphatic carbocycles. The molecular formula is C19H22O2S. The van der Waals surface area contributed by atoms with Crippen LogP contribution in [-0.2, 0) is 17.5 Å². The average Bonchev–Trinajstić information content (AvgIpc) is 3.23. The van der Waals surface area contributed by atoms with Crippen LogP contribution in [0.4, 0.5) is 0 Å². The monoisotopic (exact) mass is 314 g/mol. The largest absolute Gasteiger partial charge is 0.302 e. The Morgan fingerprint density at radius 2 is 2.00 bits per heavy atom. The van der Waals surface area contributed by atoms with Crippen LogP contribution in [0.3, 0.4) is 0 Å². The molecule has 0 spiro atoms. The summed E-state index contributed by atoms with van der Waals surface area (Å²) in [5.41, 5.74) is 6.37. The molecule has 3 aliphatic rings. The van der Waals surface area contributed by atoms with Gasteiger partial charge >= 0.3 is 0 Å². The van der Waals surface area contributed by atoms with E-state index in [-0.39, 0.29) is 0 Å². The van der Waals surface area contributed by atoms with E-state index in [1.807, 2.05) is 6.07 Å². The molecule has 0 radical (unpaired) electrons. The quantitative estimate of drug-likeness (QED) is 0.787. The summed E-state index contributed by atoms with van der Waals surface area (Å²) >= 11 is -1.93. The minimum Gasteiger partial charge on any atom is -0.302 e. The van der Waals surface area contributed by atoms with E-state index in [4.69, 9.17) is 0 Å². The lowest BCUT2D eigenvalue weighted by Gasteiger charge is -2.17. The van der Waals surface area contributed by atoms with E-state index < -0.39 is 11.1 Å². The Hall–Kier alpha value is -1.19. The number of hydrogen-bond donors (Lipinski definition) is 1. The number of allylic oxidation sites excluding steroid dienone is 2. The standard InChI is InChI=1S/C19H22O2S/c1-12-6-9-16-15-5-3-2-4-14(13-7-8-13)10-18(15)19(22(20)21)11-17(12)16/h3,5,10-13H,2,4,6-9H2,1H3,(H,20,21)/b5-3-,14-10?/t12-/m1/s1. The summed E-state index contributed by atoms with van der Waals surface area (Å²) in [4.78, 5) is 0.604. The van der Waals surface area contributed by atoms with Crippen LogP contribution in [-0.4, -0.2) is 8.76 Å². The molecule has 1 unspecified atom stereocenters. The zero-order valence-corrected chi connectivity index (χ0v) is 13.8. The Morgan fingerprint density at radius 3 is 2.73 bits per heavy atom. The van der Waals surface area contributed by atoms with Gasteiger partial charge in [-0.05, 0) is 73.1 Å². The third kappa shape index (κ3) is 2.40. The maximum atomic E-state index is 11.9. The van der Waals surface area contributed by atoms with E-state index >= 15 is 0 Å². The van der Waals surface area contributed by atoms with Crippen molar-refractivity contribution >= 4 is 23.2 Å². The summed E-state index contributed by atoms with van der Waals surface area (Å²) in [5, 5.41) is 0. The molecule has 1 aromatic rings. The SMILES string of the molecule is C[C@@H]1CCc2c1cc(S(=O)O)c1c2/C=C\CCC(C2CC2)=C1. The van der Waals surface area contributed by atoms with E-state index in [9.17, 15) is 8.76 Å². The second kappa shape index (κ2) is 5.47. The van der Waals surface area contributed by atoms with Crippen molar-refractivity contribution in [2.75, 3.05) is 0 Å². The predicted octanol–water partition coefficient (Wildman–Crippen LogP) is 4.92. The number of rotatable bonds is 2. The first-order valence-corrected chi connectivity index (χ1v) is 9.43. The van der Waals surface area contributed by atoms with Crippen LogP contribution < -0.4 is 0 Å². The summed E-state index contributed by atoms with van der Waals surface area (Å²) < 4.78 is 21.7. The first-order valence-electron chi connectivity index (χ1n) is 8.32. The lowest BCUT2D eigenvalue weighted by molar-refractivity contribution is 0.564. The zero-order chi connectivity index (χ0) is 15.3. The molecule has 2 nitrogen and oxygen atoms in total. The van der Waals surface area contributed by atoms with Crippen molar-refractivity contribution in [3.63, 3.8) is 0 Å². The van der Waals surface area contributed by atoms with Gasteiger partial charge in [0, 0.05) is 5.56 Å². The molecule has 116 valence electrons. The third-order valence-electron chi connectivity index (χ3n) is 5.38. The molecule has 2 atom stereocenters. The predicted molar refractivity (Wildman–Crippen MR) is 91.2 cm³/mol. The second-order valence-corrected chi connectivity index (χ2v) is 7.83. The van der Waals surface area contributed by atoms with Gasteiger partial charge in [0.05, 0.1) is 4.90 Å². The fourth-order valence-corrected chi connectivity index (χ4v) is 4.55. The van der Waals surface area contributed by atoms with Crippen LogP contribution in [0.5, 0.6) is 0 Å². The Morgan fingerprint density at radius 1 is 1.18 bits per heavy atom. The van der Waals surface area contributed by atoms with Gasteiger partial charge in [-0.25, -0.2) is 4.21 Å². The van der Waals surface area contributed by atoms with Crippen molar-refractivity contribution < 1.29 is 8.76 Å². The summed E-state index contributed by atoms with van der Waals surface area (Å²) in [6.45, 7) is 2.22. The van der Waals surface area contributed by atoms with Crippen molar-refractivity contribution in [3.05, 3.63) is 40.0 Å². The molecular weight excluding hydrogens is 292 g/mol. The van der Waals surface area contributed by atoms with E-state index in [2.05, 4.69) is 25.2 Å². The lowest BCUT2D eigenvalue weighted by Crippen LogP contribution is -2.03. The molecule has 0 heterocycles. The molecule has 0 saturated heterocycles. The smallest absolute Gasteiger partial charge is 0.187 e. The Kier molecular flexibility index (Phi) is 3.58. The number of hydrogen-bond acceptors (Lipinski definition) is 1. The van der Waals surface area contributed by atoms with Gasteiger partial charge in [0.1, 0.15) is 0 Å². The third-order valence-corrected chi connectivity index (χ3v) is 6.09. The van der Waals surface area contributed by atoms with E-state index in [0.29, 0.717) is 16.7 Å². The van der Waals surface area contributed by atoms with E-state index in [1.54, 1.807) is 0 Å². The van der Waals surface area contributed by atoms with Crippen molar-refractivity contribution in [2.24, 2.45) is 5.92 Å². The van der Waals surface area contributed by atoms with Crippen molar-refractivity contribution in [1.82, 2.24) is 0 Å². The van der Waals surface area contributed by atoms with Crippen LogP contribution in [0.1, 0.15) is 67.2 Å². The second-order valence-electron chi connectivity index (χ2n) is 6.89. The molecule has 3 heteroatoms. The molecule has 0 bridgehead atoms. The molecule has 1 fully saturated rings. The van der Waals surface area contributed by atoms with E-state index in [1.165, 1.54) is 35.1 Å². The van der Waals surface area contributed by atoms with Gasteiger partial charge in [0.2, 0.25) is 0 Å². The number of fused-ring (bicyclic) bond motifs is 3. The molecule has 0 amide bonds. The fourth-order valence-electron chi connectivity index (χ4n) is 3.96. The molecule has 1 saturated carbocycles. The van der Waals surface area contributed by atoms with Gasteiger partial charge < -0.3 is 4.55 Å². The zero-order valence-electron chi connectivity index (χ0n) is 13.0. The Labute approximate surface area is 134 Å². The normalized spacial score (nSPS) is 26.5. The fraction of sp³-hybridized carbons (Fsp3) is 0.474. The molecule has 0 aliphatic heterocycles. The highest BCUT2D eigenvalue weighted by Crippen LogP contribution is 2.44. The van der Waals surface area contributed by atoms with Crippen molar-refractivity contribution in [3.8, 4) is 0 Å². The van der Waals surface area contributed by atoms with Gasteiger partial charge in [-0.2, -0.15) is 0 Å². The average molecular weight is 314 g/mol. The summed E-state index contributed by atoms with van der Waals surface area (Å²) in [6, 6.07) is 2.00. The van der Waals surface area contributed by atoms with E-state index in [0.717, 1.165) is 31.2 Å². The van der Waals surface area contributed by atoms with Crippen LogP contribution >= 0.6 is 0 Å². The Balaban J connectivity index is 1.97. The van der Waals surface area contributed by atoms with Gasteiger partial charge in [-0.15, -0.1) is 0 Å². The highest BCUT2D eigenvalue weighted by molar-refractivity contribution is 7.79.